The van der Waals surface area contributed by atoms with Crippen LogP contribution in [0.5, 0.6) is 0 Å². The van der Waals surface area contributed by atoms with Crippen molar-refractivity contribution in [3.8, 4) is 0 Å². The molecular weight excluding hydrogens is 216 g/mol. The summed E-state index contributed by atoms with van der Waals surface area (Å²) < 4.78 is 10.8. The summed E-state index contributed by atoms with van der Waals surface area (Å²) in [6.07, 6.45) is 5.41. The van der Waals surface area contributed by atoms with E-state index in [-0.39, 0.29) is 0 Å². The van der Waals surface area contributed by atoms with Crippen LogP contribution >= 0.6 is 0 Å². The average Bonchev–Trinajstić information content (AvgIpc) is 2.35. The Morgan fingerprint density at radius 3 is 2.31 bits per heavy atom. The molecule has 0 heterocycles. The molecule has 1 aromatic carbocycles. The van der Waals surface area contributed by atoms with E-state index in [1.54, 1.807) is 14.2 Å². The van der Waals surface area contributed by atoms with Crippen LogP contribution in [0.25, 0.3) is 6.08 Å². The molecule has 0 N–H and O–H groups in total. The van der Waals surface area contributed by atoms with E-state index in [2.05, 4.69) is 31.2 Å². The van der Waals surface area contributed by atoms with Gasteiger partial charge in [0.1, 0.15) is 0 Å². The molecule has 0 saturated heterocycles. The van der Waals surface area contributed by atoms with Crippen molar-refractivity contribution in [1.29, 1.82) is 0 Å². The molecule has 0 bridgehead atoms. The van der Waals surface area contributed by atoms with E-state index in [1.807, 2.05) is 18.2 Å². The summed E-state index contributed by atoms with van der Waals surface area (Å²) in [5.41, 5.74) is 1.65. The monoisotopic (exact) mass is 236 g/mol. The van der Waals surface area contributed by atoms with Gasteiger partial charge in [0, 0.05) is 19.8 Å². The maximum Gasteiger partial charge on any atom is 0.328 e. The first kappa shape index (κ1) is 13.2. The van der Waals surface area contributed by atoms with Crippen molar-refractivity contribution in [2.75, 3.05) is 14.2 Å². The first-order valence-corrected chi connectivity index (χ1v) is 7.21. The first-order chi connectivity index (χ1) is 7.81. The Morgan fingerprint density at radius 2 is 1.81 bits per heavy atom. The molecule has 1 unspecified atom stereocenters. The summed E-state index contributed by atoms with van der Waals surface area (Å²) in [6, 6.07) is 10.3. The minimum Gasteiger partial charge on any atom is -0.400 e. The minimum atomic E-state index is -1.54. The van der Waals surface area contributed by atoms with Gasteiger partial charge in [-0.1, -0.05) is 49.4 Å². The Morgan fingerprint density at radius 1 is 1.19 bits per heavy atom. The minimum absolute atomic E-state index is 0.426. The molecule has 1 atom stereocenters. The first-order valence-electron chi connectivity index (χ1n) is 5.60. The zero-order valence-corrected chi connectivity index (χ0v) is 11.4. The highest BCUT2D eigenvalue weighted by molar-refractivity contribution is 6.47. The predicted molar refractivity (Wildman–Crippen MR) is 70.7 cm³/mol. The Hall–Kier alpha value is -0.903. The second kappa shape index (κ2) is 7.38. The standard InChI is InChI=1S/C13H20O2Si/c1-4-13(16(14-2)15-3)11-10-12-8-6-5-7-9-12/h5-11,13,16H,4H2,1-3H3/b11-10+. The highest BCUT2D eigenvalue weighted by atomic mass is 28.3. The van der Waals surface area contributed by atoms with Crippen molar-refractivity contribution in [2.45, 2.75) is 18.9 Å². The lowest BCUT2D eigenvalue weighted by Gasteiger charge is -2.17. The molecule has 0 radical (unpaired) electrons. The Labute approximate surface area is 99.7 Å². The lowest BCUT2D eigenvalue weighted by molar-refractivity contribution is 0.270. The van der Waals surface area contributed by atoms with Gasteiger partial charge in [0.05, 0.1) is 0 Å². The van der Waals surface area contributed by atoms with Gasteiger partial charge in [0.25, 0.3) is 0 Å². The number of benzene rings is 1. The normalized spacial score (nSPS) is 13.5. The fourth-order valence-electron chi connectivity index (χ4n) is 1.66. The molecule has 0 amide bonds. The molecule has 2 nitrogen and oxygen atoms in total. The maximum absolute atomic E-state index is 5.41. The van der Waals surface area contributed by atoms with Crippen molar-refractivity contribution in [1.82, 2.24) is 0 Å². The van der Waals surface area contributed by atoms with Crippen LogP contribution in [0.15, 0.2) is 36.4 Å². The molecule has 0 aromatic heterocycles. The van der Waals surface area contributed by atoms with E-state index < -0.39 is 9.28 Å². The molecule has 88 valence electrons. The lowest BCUT2D eigenvalue weighted by atomic mass is 10.2. The highest BCUT2D eigenvalue weighted by Gasteiger charge is 2.19. The zero-order valence-electron chi connectivity index (χ0n) is 10.2. The molecule has 0 spiro atoms. The van der Waals surface area contributed by atoms with Gasteiger partial charge >= 0.3 is 9.28 Å². The molecule has 0 aliphatic heterocycles. The third-order valence-corrected chi connectivity index (χ3v) is 4.94. The fraction of sp³-hybridized carbons (Fsp3) is 0.385. The van der Waals surface area contributed by atoms with Crippen LogP contribution in [0.2, 0.25) is 5.54 Å². The van der Waals surface area contributed by atoms with Crippen LogP contribution < -0.4 is 0 Å². The van der Waals surface area contributed by atoms with Crippen molar-refractivity contribution in [3.63, 3.8) is 0 Å². The van der Waals surface area contributed by atoms with Crippen LogP contribution in [0.1, 0.15) is 18.9 Å². The van der Waals surface area contributed by atoms with Crippen LogP contribution in [0.4, 0.5) is 0 Å². The van der Waals surface area contributed by atoms with Gasteiger partial charge in [-0.15, -0.1) is 0 Å². The summed E-state index contributed by atoms with van der Waals surface area (Å²) >= 11 is 0. The van der Waals surface area contributed by atoms with E-state index >= 15 is 0 Å². The topological polar surface area (TPSA) is 18.5 Å². The van der Waals surface area contributed by atoms with Gasteiger partial charge in [0.2, 0.25) is 0 Å². The van der Waals surface area contributed by atoms with E-state index in [9.17, 15) is 0 Å². The van der Waals surface area contributed by atoms with E-state index in [1.165, 1.54) is 5.56 Å². The van der Waals surface area contributed by atoms with Gasteiger partial charge in [-0.05, 0) is 12.0 Å². The summed E-state index contributed by atoms with van der Waals surface area (Å²) in [4.78, 5) is 0. The Bertz CT molecular complexity index is 307. The van der Waals surface area contributed by atoms with Crippen LogP contribution in [0.3, 0.4) is 0 Å². The van der Waals surface area contributed by atoms with Crippen molar-refractivity contribution in [2.24, 2.45) is 0 Å². The quantitative estimate of drug-likeness (QED) is 0.707. The van der Waals surface area contributed by atoms with Crippen LogP contribution in [0, 0.1) is 0 Å². The maximum atomic E-state index is 5.41. The number of allylic oxidation sites excluding steroid dienone is 1. The number of rotatable bonds is 6. The molecule has 1 rings (SSSR count). The summed E-state index contributed by atoms with van der Waals surface area (Å²) in [7, 11) is 1.94. The predicted octanol–water partition coefficient (Wildman–Crippen LogP) is 2.99. The molecular formula is C13H20O2Si. The van der Waals surface area contributed by atoms with Crippen molar-refractivity contribution < 1.29 is 8.85 Å². The number of hydrogen-bond acceptors (Lipinski definition) is 2. The Balaban J connectivity index is 2.66. The number of hydrogen-bond donors (Lipinski definition) is 0. The molecule has 3 heteroatoms. The van der Waals surface area contributed by atoms with Gasteiger partial charge < -0.3 is 8.85 Å². The van der Waals surface area contributed by atoms with E-state index in [0.29, 0.717) is 5.54 Å². The SMILES string of the molecule is CCC(/C=C/c1ccccc1)[SiH](OC)OC. The van der Waals surface area contributed by atoms with Crippen molar-refractivity contribution in [3.05, 3.63) is 42.0 Å². The molecule has 16 heavy (non-hydrogen) atoms. The van der Waals surface area contributed by atoms with Crippen molar-refractivity contribution >= 4 is 15.4 Å². The van der Waals surface area contributed by atoms with Gasteiger partial charge in [0.15, 0.2) is 0 Å². The largest absolute Gasteiger partial charge is 0.400 e. The smallest absolute Gasteiger partial charge is 0.328 e. The van der Waals surface area contributed by atoms with Crippen LogP contribution in [-0.4, -0.2) is 23.5 Å². The fourth-order valence-corrected chi connectivity index (χ4v) is 3.23. The van der Waals surface area contributed by atoms with E-state index in [4.69, 9.17) is 8.85 Å². The summed E-state index contributed by atoms with van der Waals surface area (Å²) in [6.45, 7) is 2.16. The summed E-state index contributed by atoms with van der Waals surface area (Å²) in [5.74, 6) is 0. The Kier molecular flexibility index (Phi) is 6.07. The van der Waals surface area contributed by atoms with Crippen LogP contribution in [-0.2, 0) is 8.85 Å². The molecule has 0 fully saturated rings. The molecule has 0 aliphatic carbocycles. The molecule has 1 aromatic rings. The second-order valence-corrected chi connectivity index (χ2v) is 6.22. The zero-order chi connectivity index (χ0) is 11.8. The van der Waals surface area contributed by atoms with Gasteiger partial charge in [-0.3, -0.25) is 0 Å². The van der Waals surface area contributed by atoms with Gasteiger partial charge in [-0.2, -0.15) is 0 Å². The van der Waals surface area contributed by atoms with E-state index in [0.717, 1.165) is 6.42 Å². The van der Waals surface area contributed by atoms with Gasteiger partial charge in [-0.25, -0.2) is 0 Å². The molecule has 0 aliphatic rings. The average molecular weight is 236 g/mol. The molecule has 0 saturated carbocycles. The third-order valence-electron chi connectivity index (χ3n) is 2.62. The summed E-state index contributed by atoms with van der Waals surface area (Å²) in [5, 5.41) is 0. The highest BCUT2D eigenvalue weighted by Crippen LogP contribution is 2.19. The third kappa shape index (κ3) is 3.93. The second-order valence-electron chi connectivity index (χ2n) is 3.68. The lowest BCUT2D eigenvalue weighted by Crippen LogP contribution is -2.24.